The van der Waals surface area contributed by atoms with Gasteiger partial charge in [0.05, 0.1) is 10.0 Å². The summed E-state index contributed by atoms with van der Waals surface area (Å²) in [5.74, 6) is -1.35. The molecule has 0 radical (unpaired) electrons. The smallest absolute Gasteiger partial charge is 0.281 e. The number of hydrazine groups is 1. The summed E-state index contributed by atoms with van der Waals surface area (Å²) in [7, 11) is 0. The maximum atomic E-state index is 12.8. The number of aryl methyl sites for hydroxylation is 1. The van der Waals surface area contributed by atoms with Gasteiger partial charge in [0.1, 0.15) is 9.75 Å². The van der Waals surface area contributed by atoms with Gasteiger partial charge in [0.2, 0.25) is 0 Å². The SMILES string of the molecule is Cc1ccc2c(Cl)c(C(=O)Nc3ccc(C(=O)NNC(=O)c4sc5ccccc5c4Cl)cc3)sc2c1. The molecule has 0 atom stereocenters. The first-order valence-electron chi connectivity index (χ1n) is 10.7. The molecule has 5 rings (SSSR count). The van der Waals surface area contributed by atoms with Crippen molar-refractivity contribution in [3.05, 3.63) is 97.7 Å². The first kappa shape index (κ1) is 24.3. The third-order valence-electron chi connectivity index (χ3n) is 5.43. The van der Waals surface area contributed by atoms with Crippen LogP contribution >= 0.6 is 45.9 Å². The molecule has 6 nitrogen and oxygen atoms in total. The number of carbonyl (C=O) groups excluding carboxylic acids is 3. The van der Waals surface area contributed by atoms with E-state index in [0.717, 1.165) is 25.7 Å². The lowest BCUT2D eigenvalue weighted by Crippen LogP contribution is -2.41. The summed E-state index contributed by atoms with van der Waals surface area (Å²) >= 11 is 15.3. The summed E-state index contributed by atoms with van der Waals surface area (Å²) in [4.78, 5) is 38.6. The van der Waals surface area contributed by atoms with Crippen molar-refractivity contribution in [2.45, 2.75) is 6.92 Å². The number of fused-ring (bicyclic) bond motifs is 2. The molecule has 0 bridgehead atoms. The van der Waals surface area contributed by atoms with E-state index in [9.17, 15) is 14.4 Å². The quantitative estimate of drug-likeness (QED) is 0.208. The van der Waals surface area contributed by atoms with Gasteiger partial charge in [0.25, 0.3) is 17.7 Å². The van der Waals surface area contributed by atoms with Crippen LogP contribution in [0.5, 0.6) is 0 Å². The van der Waals surface area contributed by atoms with Crippen molar-refractivity contribution in [2.75, 3.05) is 5.32 Å². The molecule has 180 valence electrons. The zero-order chi connectivity index (χ0) is 25.4. The van der Waals surface area contributed by atoms with E-state index in [1.807, 2.05) is 49.4 Å². The van der Waals surface area contributed by atoms with E-state index in [-0.39, 0.29) is 5.91 Å². The molecule has 2 aromatic heterocycles. The third-order valence-corrected chi connectivity index (χ3v) is 8.76. The number of carbonyl (C=O) groups is 3. The minimum Gasteiger partial charge on any atom is -0.321 e. The molecule has 0 fully saturated rings. The number of halogens is 2. The Kier molecular flexibility index (Phi) is 6.68. The van der Waals surface area contributed by atoms with Crippen LogP contribution < -0.4 is 16.2 Å². The number of hydrogen-bond acceptors (Lipinski definition) is 5. The minimum absolute atomic E-state index is 0.297. The Morgan fingerprint density at radius 2 is 1.31 bits per heavy atom. The lowest BCUT2D eigenvalue weighted by molar-refractivity contribution is 0.0849. The van der Waals surface area contributed by atoms with Crippen molar-refractivity contribution in [3.8, 4) is 0 Å². The Labute approximate surface area is 223 Å². The summed E-state index contributed by atoms with van der Waals surface area (Å²) in [5.41, 5.74) is 6.67. The lowest BCUT2D eigenvalue weighted by Gasteiger charge is -2.08. The van der Waals surface area contributed by atoms with Crippen LogP contribution in [0.1, 0.15) is 35.3 Å². The van der Waals surface area contributed by atoms with Crippen LogP contribution in [0.25, 0.3) is 20.2 Å². The van der Waals surface area contributed by atoms with Gasteiger partial charge in [-0.1, -0.05) is 53.5 Å². The van der Waals surface area contributed by atoms with Gasteiger partial charge >= 0.3 is 0 Å². The number of hydrogen-bond donors (Lipinski definition) is 3. The monoisotopic (exact) mass is 553 g/mol. The summed E-state index contributed by atoms with van der Waals surface area (Å²) in [6, 6.07) is 19.5. The van der Waals surface area contributed by atoms with E-state index in [0.29, 0.717) is 31.1 Å². The van der Waals surface area contributed by atoms with E-state index in [1.165, 1.54) is 22.7 Å². The molecule has 0 saturated heterocycles. The fraction of sp³-hybridized carbons (Fsp3) is 0.0385. The van der Waals surface area contributed by atoms with E-state index in [2.05, 4.69) is 16.2 Å². The Bertz CT molecular complexity index is 1660. The first-order valence-corrected chi connectivity index (χ1v) is 13.1. The summed E-state index contributed by atoms with van der Waals surface area (Å²) < 4.78 is 1.82. The number of rotatable bonds is 4. The fourth-order valence-corrected chi connectivity index (χ4v) is 6.54. The molecule has 2 heterocycles. The van der Waals surface area contributed by atoms with Crippen molar-refractivity contribution in [3.63, 3.8) is 0 Å². The maximum absolute atomic E-state index is 12.8. The Hall–Kier alpha value is -3.43. The van der Waals surface area contributed by atoms with Crippen LogP contribution in [0.3, 0.4) is 0 Å². The second kappa shape index (κ2) is 9.91. The average Bonchev–Trinajstić information content (AvgIpc) is 3.39. The fourth-order valence-electron chi connectivity index (χ4n) is 3.61. The number of nitrogens with one attached hydrogen (secondary N) is 3. The highest BCUT2D eigenvalue weighted by Crippen LogP contribution is 2.36. The van der Waals surface area contributed by atoms with E-state index < -0.39 is 11.8 Å². The Morgan fingerprint density at radius 1 is 0.694 bits per heavy atom. The first-order chi connectivity index (χ1) is 17.3. The standard InChI is InChI=1S/C26H17Cl2N3O3S2/c1-13-6-11-17-19(12-13)36-22(21(17)28)25(33)29-15-9-7-14(8-10-15)24(32)30-31-26(34)23-20(27)16-4-2-3-5-18(16)35-23/h2-12H,1H3,(H,29,33)(H,30,32)(H,31,34). The van der Waals surface area contributed by atoms with Crippen LogP contribution in [0.15, 0.2) is 66.7 Å². The molecular formula is C26H17Cl2N3O3S2. The molecule has 0 aliphatic heterocycles. The van der Waals surface area contributed by atoms with Crippen LogP contribution in [0.2, 0.25) is 10.0 Å². The zero-order valence-corrected chi connectivity index (χ0v) is 21.8. The normalized spacial score (nSPS) is 11.0. The summed E-state index contributed by atoms with van der Waals surface area (Å²) in [6.07, 6.45) is 0. The van der Waals surface area contributed by atoms with Crippen LogP contribution in [0, 0.1) is 6.92 Å². The van der Waals surface area contributed by atoms with Crippen LogP contribution in [-0.4, -0.2) is 17.7 Å². The van der Waals surface area contributed by atoms with Crippen molar-refractivity contribution in [2.24, 2.45) is 0 Å². The maximum Gasteiger partial charge on any atom is 0.281 e. The van der Waals surface area contributed by atoms with Gasteiger partial charge in [-0.15, -0.1) is 22.7 Å². The topological polar surface area (TPSA) is 87.3 Å². The highest BCUT2D eigenvalue weighted by molar-refractivity contribution is 7.22. The molecule has 3 N–H and O–H groups in total. The van der Waals surface area contributed by atoms with Gasteiger partial charge < -0.3 is 5.32 Å². The van der Waals surface area contributed by atoms with E-state index >= 15 is 0 Å². The van der Waals surface area contributed by atoms with Gasteiger partial charge in [-0.05, 0) is 48.9 Å². The predicted octanol–water partition coefficient (Wildman–Crippen LogP) is 7.06. The molecular weight excluding hydrogens is 537 g/mol. The van der Waals surface area contributed by atoms with Crippen molar-refractivity contribution in [1.29, 1.82) is 0 Å². The number of amides is 3. The van der Waals surface area contributed by atoms with Gasteiger partial charge in [0, 0.05) is 31.4 Å². The second-order valence-corrected chi connectivity index (χ2v) is 10.8. The minimum atomic E-state index is -0.513. The van der Waals surface area contributed by atoms with Crippen LogP contribution in [0.4, 0.5) is 5.69 Å². The predicted molar refractivity (Wildman–Crippen MR) is 148 cm³/mol. The Balaban J connectivity index is 1.22. The number of benzene rings is 3. The molecule has 0 saturated carbocycles. The summed E-state index contributed by atoms with van der Waals surface area (Å²) in [6.45, 7) is 1.98. The van der Waals surface area contributed by atoms with Gasteiger partial charge in [-0.3, -0.25) is 25.2 Å². The largest absolute Gasteiger partial charge is 0.321 e. The molecule has 0 aliphatic rings. The Morgan fingerprint density at radius 3 is 2.03 bits per heavy atom. The van der Waals surface area contributed by atoms with Crippen molar-refractivity contribution < 1.29 is 14.4 Å². The number of thiophene rings is 2. The zero-order valence-electron chi connectivity index (χ0n) is 18.6. The molecule has 5 aromatic rings. The highest BCUT2D eigenvalue weighted by Gasteiger charge is 2.19. The van der Waals surface area contributed by atoms with Crippen molar-refractivity contribution >= 4 is 89.5 Å². The van der Waals surface area contributed by atoms with E-state index in [1.54, 1.807) is 24.3 Å². The van der Waals surface area contributed by atoms with Crippen molar-refractivity contribution in [1.82, 2.24) is 10.9 Å². The molecule has 0 aliphatic carbocycles. The molecule has 0 unspecified atom stereocenters. The van der Waals surface area contributed by atoms with Gasteiger partial charge in [-0.25, -0.2) is 0 Å². The molecule has 0 spiro atoms. The molecule has 3 aromatic carbocycles. The molecule has 3 amide bonds. The van der Waals surface area contributed by atoms with Gasteiger partial charge in [0.15, 0.2) is 0 Å². The average molecular weight is 554 g/mol. The van der Waals surface area contributed by atoms with E-state index in [4.69, 9.17) is 23.2 Å². The third kappa shape index (κ3) is 4.68. The lowest BCUT2D eigenvalue weighted by atomic mass is 10.2. The van der Waals surface area contributed by atoms with Gasteiger partial charge in [-0.2, -0.15) is 0 Å². The van der Waals surface area contributed by atoms with Crippen LogP contribution in [-0.2, 0) is 0 Å². The second-order valence-electron chi connectivity index (χ2n) is 7.93. The molecule has 10 heteroatoms. The molecule has 36 heavy (non-hydrogen) atoms. The highest BCUT2D eigenvalue weighted by atomic mass is 35.5. The summed E-state index contributed by atoms with van der Waals surface area (Å²) in [5, 5.41) is 5.18. The number of anilines is 1.